The van der Waals surface area contributed by atoms with Crippen LogP contribution in [-0.2, 0) is 0 Å². The largest absolute Gasteiger partial charge is 0.339 e. The van der Waals surface area contributed by atoms with E-state index in [1.54, 1.807) is 6.20 Å². The van der Waals surface area contributed by atoms with Crippen LogP contribution in [0.5, 0.6) is 0 Å². The van der Waals surface area contributed by atoms with Gasteiger partial charge >= 0.3 is 6.03 Å². The molecule has 4 rings (SSSR count). The maximum Gasteiger partial charge on any atom is 0.323 e. The third-order valence-corrected chi connectivity index (χ3v) is 5.79. The van der Waals surface area contributed by atoms with Crippen LogP contribution in [0.25, 0.3) is 11.3 Å². The zero-order valence-corrected chi connectivity index (χ0v) is 21.6. The quantitative estimate of drug-likeness (QED) is 0.219. The van der Waals surface area contributed by atoms with Crippen molar-refractivity contribution in [1.29, 1.82) is 0 Å². The molecule has 0 unspecified atom stereocenters. The number of carbonyl (C=O) groups excluding carboxylic acids is 2. The molecule has 0 saturated carbocycles. The average Bonchev–Trinajstić information content (AvgIpc) is 2.94. The average molecular weight is 509 g/mol. The summed E-state index contributed by atoms with van der Waals surface area (Å²) >= 11 is 0. The van der Waals surface area contributed by atoms with Gasteiger partial charge in [0, 0.05) is 47.5 Å². The Balaban J connectivity index is 1.38. The highest BCUT2D eigenvalue weighted by Crippen LogP contribution is 2.22. The first-order valence-corrected chi connectivity index (χ1v) is 12.8. The summed E-state index contributed by atoms with van der Waals surface area (Å²) in [6, 6.07) is 25.6. The second kappa shape index (κ2) is 13.0. The predicted molar refractivity (Wildman–Crippen MR) is 153 cm³/mol. The summed E-state index contributed by atoms with van der Waals surface area (Å²) in [5, 5.41) is 8.83. The van der Waals surface area contributed by atoms with Gasteiger partial charge in [-0.25, -0.2) is 14.8 Å². The van der Waals surface area contributed by atoms with E-state index in [-0.39, 0.29) is 11.9 Å². The van der Waals surface area contributed by atoms with E-state index in [9.17, 15) is 9.59 Å². The van der Waals surface area contributed by atoms with Gasteiger partial charge in [0.1, 0.15) is 0 Å². The first kappa shape index (κ1) is 26.3. The molecule has 0 saturated heterocycles. The molecule has 0 fully saturated rings. The van der Waals surface area contributed by atoms with Crippen molar-refractivity contribution < 1.29 is 9.59 Å². The Morgan fingerprint density at radius 1 is 0.737 bits per heavy atom. The van der Waals surface area contributed by atoms with Crippen LogP contribution in [0.1, 0.15) is 37.0 Å². The van der Waals surface area contributed by atoms with Crippen molar-refractivity contribution in [2.75, 3.05) is 29.0 Å². The van der Waals surface area contributed by atoms with Crippen molar-refractivity contribution in [3.8, 4) is 11.3 Å². The molecule has 38 heavy (non-hydrogen) atoms. The predicted octanol–water partition coefficient (Wildman–Crippen LogP) is 6.79. The topological polar surface area (TPSA) is 99.3 Å². The third kappa shape index (κ3) is 7.16. The fraction of sp³-hybridized carbons (Fsp3) is 0.200. The van der Waals surface area contributed by atoms with Crippen LogP contribution in [0.15, 0.2) is 91.1 Å². The number of nitrogens with zero attached hydrogens (tertiary/aromatic N) is 3. The Morgan fingerprint density at radius 3 is 1.97 bits per heavy atom. The first-order chi connectivity index (χ1) is 18.6. The van der Waals surface area contributed by atoms with Crippen molar-refractivity contribution in [2.45, 2.75) is 26.7 Å². The number of aromatic nitrogens is 2. The van der Waals surface area contributed by atoms with E-state index in [2.05, 4.69) is 39.8 Å². The fourth-order valence-electron chi connectivity index (χ4n) is 3.98. The molecule has 3 amide bonds. The molecule has 0 aliphatic rings. The monoisotopic (exact) mass is 508 g/mol. The van der Waals surface area contributed by atoms with E-state index in [0.717, 1.165) is 48.6 Å². The minimum atomic E-state index is -0.311. The van der Waals surface area contributed by atoms with Gasteiger partial charge in [0.25, 0.3) is 5.91 Å². The van der Waals surface area contributed by atoms with E-state index < -0.39 is 0 Å². The normalized spacial score (nSPS) is 10.5. The van der Waals surface area contributed by atoms with E-state index in [1.807, 2.05) is 89.8 Å². The van der Waals surface area contributed by atoms with Crippen molar-refractivity contribution >= 4 is 34.9 Å². The Kier molecular flexibility index (Phi) is 9.02. The number of hydrogen-bond donors (Lipinski definition) is 3. The highest BCUT2D eigenvalue weighted by Gasteiger charge is 2.14. The number of amides is 3. The number of carbonyl (C=O) groups is 2. The summed E-state index contributed by atoms with van der Waals surface area (Å²) in [7, 11) is 0. The molecule has 0 spiro atoms. The first-order valence-electron chi connectivity index (χ1n) is 12.8. The number of hydrogen-bond acceptors (Lipinski definition) is 5. The summed E-state index contributed by atoms with van der Waals surface area (Å²) in [4.78, 5) is 35.9. The van der Waals surface area contributed by atoms with E-state index in [4.69, 9.17) is 0 Å². The minimum Gasteiger partial charge on any atom is -0.339 e. The molecule has 4 aromatic rings. The van der Waals surface area contributed by atoms with Gasteiger partial charge in [0.05, 0.1) is 5.69 Å². The molecule has 3 N–H and O–H groups in total. The molecule has 0 bridgehead atoms. The molecule has 1 aromatic heterocycles. The molecule has 8 nitrogen and oxygen atoms in total. The molecule has 194 valence electrons. The van der Waals surface area contributed by atoms with Gasteiger partial charge in [0.15, 0.2) is 0 Å². The molecule has 1 heterocycles. The smallest absolute Gasteiger partial charge is 0.323 e. The molecule has 3 aromatic carbocycles. The minimum absolute atomic E-state index is 0.0500. The van der Waals surface area contributed by atoms with Crippen LogP contribution >= 0.6 is 0 Å². The zero-order valence-electron chi connectivity index (χ0n) is 21.6. The van der Waals surface area contributed by atoms with Crippen LogP contribution in [0.4, 0.5) is 27.8 Å². The Morgan fingerprint density at radius 2 is 1.34 bits per heavy atom. The second-order valence-electron chi connectivity index (χ2n) is 8.78. The van der Waals surface area contributed by atoms with E-state index in [0.29, 0.717) is 17.2 Å². The van der Waals surface area contributed by atoms with Crippen molar-refractivity contribution in [3.63, 3.8) is 0 Å². The summed E-state index contributed by atoms with van der Waals surface area (Å²) in [5.74, 6) is 0.499. The molecular formula is C30H32N6O2. The molecule has 8 heteroatoms. The highest BCUT2D eigenvalue weighted by molar-refractivity contribution is 5.99. The van der Waals surface area contributed by atoms with Gasteiger partial charge in [-0.1, -0.05) is 44.2 Å². The number of para-hydroxylation sites is 1. The highest BCUT2D eigenvalue weighted by atomic mass is 16.2. The van der Waals surface area contributed by atoms with Gasteiger partial charge in [-0.3, -0.25) is 4.79 Å². The van der Waals surface area contributed by atoms with Crippen molar-refractivity contribution in [1.82, 2.24) is 14.9 Å². The molecule has 0 radical (unpaired) electrons. The van der Waals surface area contributed by atoms with Gasteiger partial charge in [-0.15, -0.1) is 0 Å². The van der Waals surface area contributed by atoms with Crippen LogP contribution in [0, 0.1) is 0 Å². The lowest BCUT2D eigenvalue weighted by molar-refractivity contribution is 0.0755. The summed E-state index contributed by atoms with van der Waals surface area (Å²) in [6.07, 6.45) is 3.55. The molecule has 0 atom stereocenters. The molecule has 0 aliphatic carbocycles. The van der Waals surface area contributed by atoms with Crippen LogP contribution in [0.2, 0.25) is 0 Å². The second-order valence-corrected chi connectivity index (χ2v) is 8.78. The molecule has 0 aliphatic heterocycles. The summed E-state index contributed by atoms with van der Waals surface area (Å²) in [6.45, 7) is 5.67. The Labute approximate surface area is 223 Å². The van der Waals surface area contributed by atoms with Crippen molar-refractivity contribution in [2.24, 2.45) is 0 Å². The summed E-state index contributed by atoms with van der Waals surface area (Å²) < 4.78 is 0. The Hall–Kier alpha value is -4.72. The van der Waals surface area contributed by atoms with E-state index >= 15 is 0 Å². The lowest BCUT2D eigenvalue weighted by Gasteiger charge is -2.21. The maximum atomic E-state index is 12.8. The van der Waals surface area contributed by atoms with Crippen LogP contribution in [-0.4, -0.2) is 39.9 Å². The van der Waals surface area contributed by atoms with Crippen LogP contribution in [0.3, 0.4) is 0 Å². The maximum absolute atomic E-state index is 12.8. The molecular weight excluding hydrogens is 476 g/mol. The third-order valence-electron chi connectivity index (χ3n) is 5.79. The van der Waals surface area contributed by atoms with Gasteiger partial charge in [0.2, 0.25) is 5.95 Å². The lowest BCUT2D eigenvalue weighted by atomic mass is 10.1. The van der Waals surface area contributed by atoms with E-state index in [1.165, 1.54) is 0 Å². The number of nitrogens with one attached hydrogen (secondary N) is 3. The number of benzene rings is 3. The lowest BCUT2D eigenvalue weighted by Crippen LogP contribution is -2.32. The SMILES string of the molecule is CCCN(CCC)C(=O)c1ccc(Nc2nccc(-c3ccc(NC(=O)Nc4ccccc4)cc3)n2)cc1. The zero-order chi connectivity index (χ0) is 26.7. The van der Waals surface area contributed by atoms with Gasteiger partial charge < -0.3 is 20.9 Å². The van der Waals surface area contributed by atoms with Crippen molar-refractivity contribution in [3.05, 3.63) is 96.7 Å². The standard InChI is InChI=1S/C30H32N6O2/c1-3-20-36(21-4-2)28(37)23-12-16-25(17-13-23)32-29-31-19-18-27(35-29)22-10-14-26(15-11-22)34-30(38)33-24-8-6-5-7-9-24/h5-19H,3-4,20-21H2,1-2H3,(H,31,32,35)(H2,33,34,38). The summed E-state index contributed by atoms with van der Waals surface area (Å²) in [5.41, 5.74) is 4.47. The van der Waals surface area contributed by atoms with Gasteiger partial charge in [-0.2, -0.15) is 0 Å². The van der Waals surface area contributed by atoms with Crippen LogP contribution < -0.4 is 16.0 Å². The Bertz CT molecular complexity index is 1340. The fourth-order valence-corrected chi connectivity index (χ4v) is 3.98. The van der Waals surface area contributed by atoms with Gasteiger partial charge in [-0.05, 0) is 67.4 Å². The number of urea groups is 1. The number of rotatable bonds is 10. The number of anilines is 4.